The van der Waals surface area contributed by atoms with Crippen molar-refractivity contribution in [3.8, 4) is 5.88 Å². The summed E-state index contributed by atoms with van der Waals surface area (Å²) in [5.41, 5.74) is 1.43. The van der Waals surface area contributed by atoms with Crippen LogP contribution in [0.2, 0.25) is 0 Å². The van der Waals surface area contributed by atoms with E-state index in [2.05, 4.69) is 15.6 Å². The van der Waals surface area contributed by atoms with Gasteiger partial charge in [-0.2, -0.15) is 0 Å². The predicted octanol–water partition coefficient (Wildman–Crippen LogP) is 2.29. The highest BCUT2D eigenvalue weighted by atomic mass is 19.1. The van der Waals surface area contributed by atoms with Crippen molar-refractivity contribution < 1.29 is 18.7 Å². The van der Waals surface area contributed by atoms with Crippen molar-refractivity contribution in [2.24, 2.45) is 0 Å². The van der Waals surface area contributed by atoms with E-state index in [0.29, 0.717) is 44.2 Å². The number of carbonyl (C=O) groups is 1. The fourth-order valence-corrected chi connectivity index (χ4v) is 2.09. The minimum Gasteiger partial charge on any atom is -0.475 e. The van der Waals surface area contributed by atoms with Gasteiger partial charge in [-0.3, -0.25) is 0 Å². The van der Waals surface area contributed by atoms with E-state index < -0.39 is 0 Å². The van der Waals surface area contributed by atoms with Gasteiger partial charge in [0, 0.05) is 32.5 Å². The number of carbonyl (C=O) groups excluding carboxylic acids is 1. The Labute approximate surface area is 146 Å². The van der Waals surface area contributed by atoms with E-state index in [0.717, 1.165) is 5.56 Å². The third kappa shape index (κ3) is 6.76. The van der Waals surface area contributed by atoms with E-state index in [1.165, 1.54) is 6.07 Å². The van der Waals surface area contributed by atoms with E-state index >= 15 is 0 Å². The highest BCUT2D eigenvalue weighted by Crippen LogP contribution is 2.08. The molecular weight excluding hydrogens is 325 g/mol. The topological polar surface area (TPSA) is 72.5 Å². The van der Waals surface area contributed by atoms with Crippen molar-refractivity contribution in [2.45, 2.75) is 13.0 Å². The van der Waals surface area contributed by atoms with Crippen molar-refractivity contribution in [3.05, 3.63) is 59.5 Å². The maximum absolute atomic E-state index is 13.5. The first-order chi connectivity index (χ1) is 12.2. The third-order valence-corrected chi connectivity index (χ3v) is 3.43. The number of hydrogen-bond donors (Lipinski definition) is 2. The Bertz CT molecular complexity index is 665. The van der Waals surface area contributed by atoms with Crippen molar-refractivity contribution in [2.75, 3.05) is 26.9 Å². The van der Waals surface area contributed by atoms with Crippen molar-refractivity contribution in [1.82, 2.24) is 15.6 Å². The fourth-order valence-electron chi connectivity index (χ4n) is 2.09. The monoisotopic (exact) mass is 347 g/mol. The van der Waals surface area contributed by atoms with Crippen LogP contribution in [0.5, 0.6) is 5.88 Å². The van der Waals surface area contributed by atoms with Gasteiger partial charge in [0.2, 0.25) is 5.88 Å². The molecule has 0 radical (unpaired) electrons. The maximum atomic E-state index is 13.5. The minimum absolute atomic E-state index is 0.261. The number of halogens is 1. The van der Waals surface area contributed by atoms with Gasteiger partial charge >= 0.3 is 6.03 Å². The lowest BCUT2D eigenvalue weighted by molar-refractivity contribution is 0.143. The summed E-state index contributed by atoms with van der Waals surface area (Å²) in [5.74, 6) is 0.249. The number of pyridine rings is 1. The van der Waals surface area contributed by atoms with Crippen molar-refractivity contribution in [1.29, 1.82) is 0 Å². The molecule has 6 nitrogen and oxygen atoms in total. The molecule has 1 aromatic carbocycles. The number of urea groups is 1. The Morgan fingerprint density at radius 3 is 2.72 bits per heavy atom. The highest BCUT2D eigenvalue weighted by Gasteiger charge is 2.04. The van der Waals surface area contributed by atoms with Gasteiger partial charge in [0.05, 0.1) is 6.61 Å². The van der Waals surface area contributed by atoms with Crippen molar-refractivity contribution >= 4 is 6.03 Å². The SMILES string of the molecule is COCCOc1ccc(CNC(=O)NCCc2ccccc2F)cn1. The second-order valence-electron chi connectivity index (χ2n) is 5.30. The van der Waals surface area contributed by atoms with Gasteiger partial charge in [-0.15, -0.1) is 0 Å². The first-order valence-electron chi connectivity index (χ1n) is 8.01. The van der Waals surface area contributed by atoms with Crippen LogP contribution in [0.25, 0.3) is 0 Å². The quantitative estimate of drug-likeness (QED) is 0.683. The van der Waals surface area contributed by atoms with Crippen LogP contribution in [-0.4, -0.2) is 37.9 Å². The van der Waals surface area contributed by atoms with Gasteiger partial charge in [0.15, 0.2) is 0 Å². The summed E-state index contributed by atoms with van der Waals surface area (Å²) in [5, 5.41) is 5.43. The van der Waals surface area contributed by atoms with E-state index in [1.54, 1.807) is 37.6 Å². The molecule has 25 heavy (non-hydrogen) atoms. The Morgan fingerprint density at radius 1 is 1.16 bits per heavy atom. The molecule has 134 valence electrons. The van der Waals surface area contributed by atoms with Gasteiger partial charge in [0.1, 0.15) is 12.4 Å². The molecular formula is C18H22FN3O3. The van der Waals surface area contributed by atoms with E-state index in [4.69, 9.17) is 9.47 Å². The molecule has 0 atom stereocenters. The highest BCUT2D eigenvalue weighted by molar-refractivity contribution is 5.73. The molecule has 0 spiro atoms. The van der Waals surface area contributed by atoms with Gasteiger partial charge in [-0.1, -0.05) is 24.3 Å². The summed E-state index contributed by atoms with van der Waals surface area (Å²) in [6.45, 7) is 1.64. The number of nitrogens with one attached hydrogen (secondary N) is 2. The second-order valence-corrected chi connectivity index (χ2v) is 5.30. The van der Waals surface area contributed by atoms with Gasteiger partial charge in [-0.25, -0.2) is 14.2 Å². The van der Waals surface area contributed by atoms with E-state index in [9.17, 15) is 9.18 Å². The summed E-state index contributed by atoms with van der Waals surface area (Å²) in [7, 11) is 1.60. The summed E-state index contributed by atoms with van der Waals surface area (Å²) in [6, 6.07) is 9.78. The van der Waals surface area contributed by atoms with Crippen LogP contribution in [0.4, 0.5) is 9.18 Å². The molecule has 2 N–H and O–H groups in total. The molecule has 1 aromatic heterocycles. The molecule has 0 bridgehead atoms. The van der Waals surface area contributed by atoms with Crippen LogP contribution in [-0.2, 0) is 17.7 Å². The third-order valence-electron chi connectivity index (χ3n) is 3.43. The lowest BCUT2D eigenvalue weighted by Crippen LogP contribution is -2.36. The first-order valence-corrected chi connectivity index (χ1v) is 8.01. The average molecular weight is 347 g/mol. The molecule has 0 aliphatic carbocycles. The summed E-state index contributed by atoms with van der Waals surface area (Å²) in [4.78, 5) is 15.9. The Kier molecular flexibility index (Phi) is 7.65. The summed E-state index contributed by atoms with van der Waals surface area (Å²) < 4.78 is 23.7. The van der Waals surface area contributed by atoms with Gasteiger partial charge in [0.25, 0.3) is 0 Å². The van der Waals surface area contributed by atoms with Crippen LogP contribution in [0.15, 0.2) is 42.6 Å². The molecule has 2 aromatic rings. The number of hydrogen-bond acceptors (Lipinski definition) is 4. The van der Waals surface area contributed by atoms with Crippen LogP contribution < -0.4 is 15.4 Å². The molecule has 2 amide bonds. The zero-order chi connectivity index (χ0) is 17.9. The molecule has 0 unspecified atom stereocenters. The molecule has 0 aliphatic heterocycles. The second kappa shape index (κ2) is 10.2. The van der Waals surface area contributed by atoms with Crippen LogP contribution in [0.3, 0.4) is 0 Å². The lowest BCUT2D eigenvalue weighted by Gasteiger charge is -2.09. The Balaban J connectivity index is 1.66. The first kappa shape index (κ1) is 18.7. The molecule has 0 fully saturated rings. The smallest absolute Gasteiger partial charge is 0.315 e. The number of nitrogens with zero attached hydrogens (tertiary/aromatic N) is 1. The molecule has 2 rings (SSSR count). The normalized spacial score (nSPS) is 10.3. The Hall–Kier alpha value is -2.67. The molecule has 0 aliphatic rings. The number of aromatic nitrogens is 1. The summed E-state index contributed by atoms with van der Waals surface area (Å²) in [6.07, 6.45) is 2.08. The zero-order valence-corrected chi connectivity index (χ0v) is 14.1. The number of ether oxygens (including phenoxy) is 2. The van der Waals surface area contributed by atoms with Gasteiger partial charge in [-0.05, 0) is 23.6 Å². The van der Waals surface area contributed by atoms with Gasteiger partial charge < -0.3 is 20.1 Å². The van der Waals surface area contributed by atoms with Crippen molar-refractivity contribution in [3.63, 3.8) is 0 Å². The van der Waals surface area contributed by atoms with E-state index in [1.807, 2.05) is 6.07 Å². The Morgan fingerprint density at radius 2 is 2.00 bits per heavy atom. The van der Waals surface area contributed by atoms with Crippen LogP contribution in [0.1, 0.15) is 11.1 Å². The number of benzene rings is 1. The standard InChI is InChI=1S/C18H22FN3O3/c1-24-10-11-25-17-7-6-14(12-21-17)13-22-18(23)20-9-8-15-4-2-3-5-16(15)19/h2-7,12H,8-11,13H2,1H3,(H2,20,22,23). The zero-order valence-electron chi connectivity index (χ0n) is 14.1. The molecule has 0 saturated heterocycles. The largest absolute Gasteiger partial charge is 0.475 e. The maximum Gasteiger partial charge on any atom is 0.315 e. The minimum atomic E-state index is -0.309. The lowest BCUT2D eigenvalue weighted by atomic mass is 10.1. The van der Waals surface area contributed by atoms with E-state index in [-0.39, 0.29) is 11.8 Å². The number of rotatable bonds is 9. The van der Waals surface area contributed by atoms with Crippen LogP contribution >= 0.6 is 0 Å². The fraction of sp³-hybridized carbons (Fsp3) is 0.333. The number of amides is 2. The molecule has 1 heterocycles. The molecule has 0 saturated carbocycles. The summed E-state index contributed by atoms with van der Waals surface area (Å²) >= 11 is 0. The average Bonchev–Trinajstić information content (AvgIpc) is 2.63. The molecule has 7 heteroatoms. The van der Waals surface area contributed by atoms with Crippen LogP contribution in [0, 0.1) is 5.82 Å². The number of methoxy groups -OCH3 is 1. The predicted molar refractivity (Wildman–Crippen MR) is 92.0 cm³/mol.